The maximum absolute atomic E-state index is 5.73. The van der Waals surface area contributed by atoms with E-state index >= 15 is 0 Å². The standard InChI is InChI=1S/C16H23N3O/c1-3-13-10-12(8-9-20-13)17-11(2)16-18-14-6-4-5-7-15(14)19-16/h4-7,11-13,17H,3,8-10H2,1-2H3,(H,18,19). The first-order valence-corrected chi connectivity index (χ1v) is 7.58. The van der Waals surface area contributed by atoms with Gasteiger partial charge in [0.25, 0.3) is 0 Å². The van der Waals surface area contributed by atoms with Crippen LogP contribution in [0.25, 0.3) is 11.0 Å². The van der Waals surface area contributed by atoms with Crippen molar-refractivity contribution in [1.82, 2.24) is 15.3 Å². The molecular weight excluding hydrogens is 250 g/mol. The van der Waals surface area contributed by atoms with Crippen molar-refractivity contribution in [2.45, 2.75) is 51.3 Å². The first kappa shape index (κ1) is 13.6. The average Bonchev–Trinajstić information content (AvgIpc) is 2.91. The molecule has 1 aliphatic rings. The molecular formula is C16H23N3O. The number of ether oxygens (including phenoxy) is 1. The van der Waals surface area contributed by atoms with E-state index in [-0.39, 0.29) is 6.04 Å². The van der Waals surface area contributed by atoms with Gasteiger partial charge in [-0.3, -0.25) is 0 Å². The number of rotatable bonds is 4. The van der Waals surface area contributed by atoms with E-state index in [1.54, 1.807) is 0 Å². The second kappa shape index (κ2) is 5.94. The minimum absolute atomic E-state index is 0.239. The molecule has 3 rings (SSSR count). The van der Waals surface area contributed by atoms with Crippen molar-refractivity contribution in [2.24, 2.45) is 0 Å². The highest BCUT2D eigenvalue weighted by molar-refractivity contribution is 5.74. The Hall–Kier alpha value is -1.39. The van der Waals surface area contributed by atoms with Gasteiger partial charge < -0.3 is 15.0 Å². The van der Waals surface area contributed by atoms with Crippen LogP contribution >= 0.6 is 0 Å². The molecule has 0 spiro atoms. The fraction of sp³-hybridized carbons (Fsp3) is 0.562. The third-order valence-electron chi connectivity index (χ3n) is 4.13. The first-order chi connectivity index (χ1) is 9.76. The van der Waals surface area contributed by atoms with Crippen molar-refractivity contribution in [1.29, 1.82) is 0 Å². The van der Waals surface area contributed by atoms with Crippen LogP contribution in [0.3, 0.4) is 0 Å². The van der Waals surface area contributed by atoms with Crippen LogP contribution in [-0.4, -0.2) is 28.7 Å². The Bertz CT molecular complexity index is 533. The molecule has 3 unspecified atom stereocenters. The van der Waals surface area contributed by atoms with Gasteiger partial charge in [0.05, 0.1) is 23.2 Å². The number of nitrogens with one attached hydrogen (secondary N) is 2. The van der Waals surface area contributed by atoms with Gasteiger partial charge in [-0.15, -0.1) is 0 Å². The lowest BCUT2D eigenvalue weighted by Gasteiger charge is -2.31. The smallest absolute Gasteiger partial charge is 0.124 e. The molecule has 2 heterocycles. The van der Waals surface area contributed by atoms with Gasteiger partial charge >= 0.3 is 0 Å². The van der Waals surface area contributed by atoms with Crippen molar-refractivity contribution in [3.8, 4) is 0 Å². The molecule has 4 nitrogen and oxygen atoms in total. The molecule has 2 N–H and O–H groups in total. The topological polar surface area (TPSA) is 49.9 Å². The predicted molar refractivity (Wildman–Crippen MR) is 80.7 cm³/mol. The number of aromatic amines is 1. The molecule has 4 heteroatoms. The van der Waals surface area contributed by atoms with Gasteiger partial charge in [-0.05, 0) is 38.3 Å². The molecule has 0 bridgehead atoms. The molecule has 1 aromatic carbocycles. The summed E-state index contributed by atoms with van der Waals surface area (Å²) >= 11 is 0. The molecule has 20 heavy (non-hydrogen) atoms. The van der Waals surface area contributed by atoms with Crippen LogP contribution in [-0.2, 0) is 4.74 Å². The summed E-state index contributed by atoms with van der Waals surface area (Å²) in [6.45, 7) is 5.23. The van der Waals surface area contributed by atoms with Crippen molar-refractivity contribution < 1.29 is 4.74 Å². The van der Waals surface area contributed by atoms with E-state index in [1.165, 1.54) is 0 Å². The fourth-order valence-electron chi connectivity index (χ4n) is 2.93. The molecule has 0 radical (unpaired) electrons. The van der Waals surface area contributed by atoms with E-state index < -0.39 is 0 Å². The Balaban J connectivity index is 1.67. The molecule has 0 saturated carbocycles. The van der Waals surface area contributed by atoms with Crippen molar-refractivity contribution in [3.05, 3.63) is 30.1 Å². The summed E-state index contributed by atoms with van der Waals surface area (Å²) in [5.74, 6) is 1.02. The number of fused-ring (bicyclic) bond motifs is 1. The summed E-state index contributed by atoms with van der Waals surface area (Å²) < 4.78 is 5.73. The number of aromatic nitrogens is 2. The van der Waals surface area contributed by atoms with Crippen LogP contribution in [0.2, 0.25) is 0 Å². The fourth-order valence-corrected chi connectivity index (χ4v) is 2.93. The third kappa shape index (κ3) is 2.86. The minimum atomic E-state index is 0.239. The number of hydrogen-bond donors (Lipinski definition) is 2. The second-order valence-corrected chi connectivity index (χ2v) is 5.65. The van der Waals surface area contributed by atoms with Gasteiger partial charge in [0, 0.05) is 12.6 Å². The summed E-state index contributed by atoms with van der Waals surface area (Å²) in [4.78, 5) is 8.07. The molecule has 3 atom stereocenters. The summed E-state index contributed by atoms with van der Waals surface area (Å²) in [5, 5.41) is 3.69. The quantitative estimate of drug-likeness (QED) is 0.899. The maximum atomic E-state index is 5.73. The third-order valence-corrected chi connectivity index (χ3v) is 4.13. The average molecular weight is 273 g/mol. The van der Waals surface area contributed by atoms with Gasteiger partial charge in [-0.25, -0.2) is 4.98 Å². The van der Waals surface area contributed by atoms with Crippen LogP contribution in [0.4, 0.5) is 0 Å². The second-order valence-electron chi connectivity index (χ2n) is 5.65. The van der Waals surface area contributed by atoms with E-state index in [9.17, 15) is 0 Å². The number of hydrogen-bond acceptors (Lipinski definition) is 3. The van der Waals surface area contributed by atoms with Crippen LogP contribution in [0.1, 0.15) is 45.0 Å². The zero-order valence-corrected chi connectivity index (χ0v) is 12.2. The molecule has 0 aliphatic carbocycles. The van der Waals surface area contributed by atoms with Gasteiger partial charge in [0.15, 0.2) is 0 Å². The Labute approximate surface area is 119 Å². The molecule has 1 aromatic heterocycles. The molecule has 1 aliphatic heterocycles. The van der Waals surface area contributed by atoms with Crippen molar-refractivity contribution in [2.75, 3.05) is 6.61 Å². The lowest BCUT2D eigenvalue weighted by atomic mass is 10.0. The van der Waals surface area contributed by atoms with Crippen molar-refractivity contribution >= 4 is 11.0 Å². The van der Waals surface area contributed by atoms with E-state index in [4.69, 9.17) is 4.74 Å². The summed E-state index contributed by atoms with van der Waals surface area (Å²) in [7, 11) is 0. The lowest BCUT2D eigenvalue weighted by Crippen LogP contribution is -2.40. The Morgan fingerprint density at radius 1 is 1.45 bits per heavy atom. The van der Waals surface area contributed by atoms with Gasteiger partial charge in [0.1, 0.15) is 5.82 Å². The van der Waals surface area contributed by atoms with E-state index in [0.29, 0.717) is 12.1 Å². The zero-order valence-electron chi connectivity index (χ0n) is 12.2. The highest BCUT2D eigenvalue weighted by atomic mass is 16.5. The first-order valence-electron chi connectivity index (χ1n) is 7.58. The molecule has 0 amide bonds. The van der Waals surface area contributed by atoms with Gasteiger partial charge in [-0.2, -0.15) is 0 Å². The highest BCUT2D eigenvalue weighted by Gasteiger charge is 2.23. The predicted octanol–water partition coefficient (Wildman–Crippen LogP) is 3.17. The number of para-hydroxylation sites is 2. The minimum Gasteiger partial charge on any atom is -0.378 e. The van der Waals surface area contributed by atoms with Crippen LogP contribution in [0, 0.1) is 0 Å². The van der Waals surface area contributed by atoms with Crippen LogP contribution in [0.5, 0.6) is 0 Å². The van der Waals surface area contributed by atoms with E-state index in [1.807, 2.05) is 18.2 Å². The Morgan fingerprint density at radius 2 is 2.30 bits per heavy atom. The van der Waals surface area contributed by atoms with Gasteiger partial charge in [0.2, 0.25) is 0 Å². The SMILES string of the molecule is CCC1CC(NC(C)c2nc3ccccc3[nH]2)CCO1. The molecule has 108 valence electrons. The number of benzene rings is 1. The number of imidazole rings is 1. The van der Waals surface area contributed by atoms with E-state index in [2.05, 4.69) is 35.2 Å². The Kier molecular flexibility index (Phi) is 4.03. The van der Waals surface area contributed by atoms with E-state index in [0.717, 1.165) is 42.7 Å². The number of nitrogens with zero attached hydrogens (tertiary/aromatic N) is 1. The summed E-state index contributed by atoms with van der Waals surface area (Å²) in [5.41, 5.74) is 2.14. The monoisotopic (exact) mass is 273 g/mol. The van der Waals surface area contributed by atoms with Gasteiger partial charge in [-0.1, -0.05) is 19.1 Å². The molecule has 1 fully saturated rings. The van der Waals surface area contributed by atoms with Crippen LogP contribution < -0.4 is 5.32 Å². The highest BCUT2D eigenvalue weighted by Crippen LogP contribution is 2.21. The largest absolute Gasteiger partial charge is 0.378 e. The van der Waals surface area contributed by atoms with Crippen LogP contribution in [0.15, 0.2) is 24.3 Å². The summed E-state index contributed by atoms with van der Waals surface area (Å²) in [6.07, 6.45) is 3.68. The lowest BCUT2D eigenvalue weighted by molar-refractivity contribution is -0.00179. The summed E-state index contributed by atoms with van der Waals surface area (Å²) in [6, 6.07) is 8.94. The molecule has 1 saturated heterocycles. The number of H-pyrrole nitrogens is 1. The Morgan fingerprint density at radius 3 is 3.10 bits per heavy atom. The zero-order chi connectivity index (χ0) is 13.9. The maximum Gasteiger partial charge on any atom is 0.124 e. The molecule has 2 aromatic rings. The van der Waals surface area contributed by atoms with Crippen molar-refractivity contribution in [3.63, 3.8) is 0 Å². The normalized spacial score (nSPS) is 24.9.